The SMILES string of the molecule is CC.CC.CC1CC(=O)OC1C.CC1COC(=O)C1C. The summed E-state index contributed by atoms with van der Waals surface area (Å²) in [6, 6.07) is 0. The van der Waals surface area contributed by atoms with Crippen LogP contribution in [-0.2, 0) is 19.1 Å². The number of hydrogen-bond donors (Lipinski definition) is 0. The van der Waals surface area contributed by atoms with E-state index in [1.54, 1.807) is 0 Å². The summed E-state index contributed by atoms with van der Waals surface area (Å²) in [7, 11) is 0. The van der Waals surface area contributed by atoms with Crippen molar-refractivity contribution < 1.29 is 19.1 Å². The number of carbonyl (C=O) groups excluding carboxylic acids is 2. The van der Waals surface area contributed by atoms with Crippen molar-refractivity contribution in [2.45, 2.75) is 67.9 Å². The summed E-state index contributed by atoms with van der Waals surface area (Å²) in [6.07, 6.45) is 0.740. The van der Waals surface area contributed by atoms with Gasteiger partial charge in [-0.05, 0) is 6.92 Å². The van der Waals surface area contributed by atoms with Crippen LogP contribution in [0.1, 0.15) is 61.8 Å². The number of rotatable bonds is 0. The molecular weight excluding hydrogens is 256 g/mol. The van der Waals surface area contributed by atoms with E-state index in [1.807, 2.05) is 55.4 Å². The normalized spacial score (nSPS) is 30.6. The summed E-state index contributed by atoms with van der Waals surface area (Å²) in [5.41, 5.74) is 0. The molecule has 2 saturated heterocycles. The Balaban J connectivity index is 0. The van der Waals surface area contributed by atoms with Crippen molar-refractivity contribution in [3.8, 4) is 0 Å². The van der Waals surface area contributed by atoms with E-state index in [1.165, 1.54) is 0 Å². The lowest BCUT2D eigenvalue weighted by molar-refractivity contribution is -0.141. The molecule has 4 nitrogen and oxygen atoms in total. The van der Waals surface area contributed by atoms with Gasteiger partial charge in [0, 0.05) is 11.8 Å². The Morgan fingerprint density at radius 1 is 0.900 bits per heavy atom. The van der Waals surface area contributed by atoms with Gasteiger partial charge in [-0.3, -0.25) is 9.59 Å². The zero-order valence-electron chi connectivity index (χ0n) is 14.4. The average molecular weight is 288 g/mol. The highest BCUT2D eigenvalue weighted by molar-refractivity contribution is 5.74. The third kappa shape index (κ3) is 7.51. The molecule has 120 valence electrons. The van der Waals surface area contributed by atoms with Crippen LogP contribution < -0.4 is 0 Å². The second-order valence-electron chi connectivity index (χ2n) is 4.77. The topological polar surface area (TPSA) is 52.6 Å². The van der Waals surface area contributed by atoms with Gasteiger partial charge in [0.2, 0.25) is 0 Å². The van der Waals surface area contributed by atoms with Gasteiger partial charge in [0.15, 0.2) is 0 Å². The minimum absolute atomic E-state index is 0.0440. The van der Waals surface area contributed by atoms with Gasteiger partial charge in [-0.15, -0.1) is 0 Å². The third-order valence-electron chi connectivity index (χ3n) is 3.32. The fourth-order valence-electron chi connectivity index (χ4n) is 1.52. The largest absolute Gasteiger partial charge is 0.465 e. The van der Waals surface area contributed by atoms with Crippen molar-refractivity contribution in [3.63, 3.8) is 0 Å². The van der Waals surface area contributed by atoms with Crippen LogP contribution in [-0.4, -0.2) is 24.6 Å². The van der Waals surface area contributed by atoms with Gasteiger partial charge in [-0.1, -0.05) is 48.5 Å². The summed E-state index contributed by atoms with van der Waals surface area (Å²) < 4.78 is 9.57. The summed E-state index contributed by atoms with van der Waals surface area (Å²) in [6.45, 7) is 16.5. The Hall–Kier alpha value is -1.06. The molecule has 4 unspecified atom stereocenters. The van der Waals surface area contributed by atoms with E-state index in [9.17, 15) is 9.59 Å². The molecule has 0 radical (unpaired) electrons. The highest BCUT2D eigenvalue weighted by atomic mass is 16.6. The molecule has 0 aromatic rings. The van der Waals surface area contributed by atoms with Crippen LogP contribution in [0, 0.1) is 17.8 Å². The summed E-state index contributed by atoms with van der Waals surface area (Å²) in [5.74, 6) is 0.863. The number of esters is 2. The Bertz CT molecular complexity index is 264. The lowest BCUT2D eigenvalue weighted by Crippen LogP contribution is -2.07. The van der Waals surface area contributed by atoms with Gasteiger partial charge in [0.25, 0.3) is 0 Å². The van der Waals surface area contributed by atoms with Crippen LogP contribution >= 0.6 is 0 Å². The monoisotopic (exact) mass is 288 g/mol. The van der Waals surface area contributed by atoms with Gasteiger partial charge in [-0.25, -0.2) is 0 Å². The zero-order chi connectivity index (χ0) is 16.3. The molecule has 0 aromatic carbocycles. The molecule has 0 aliphatic carbocycles. The van der Waals surface area contributed by atoms with E-state index in [0.29, 0.717) is 24.9 Å². The van der Waals surface area contributed by atoms with Crippen LogP contribution in [0.3, 0.4) is 0 Å². The Morgan fingerprint density at radius 2 is 1.40 bits per heavy atom. The molecule has 0 N–H and O–H groups in total. The first-order valence-corrected chi connectivity index (χ1v) is 7.78. The van der Waals surface area contributed by atoms with Gasteiger partial charge in [0.05, 0.1) is 18.9 Å². The maximum Gasteiger partial charge on any atom is 0.309 e. The Morgan fingerprint density at radius 3 is 1.50 bits per heavy atom. The predicted molar refractivity (Wildman–Crippen MR) is 81.3 cm³/mol. The maximum atomic E-state index is 10.6. The van der Waals surface area contributed by atoms with Gasteiger partial charge < -0.3 is 9.47 Å². The van der Waals surface area contributed by atoms with E-state index in [4.69, 9.17) is 9.47 Å². The fourth-order valence-corrected chi connectivity index (χ4v) is 1.52. The van der Waals surface area contributed by atoms with E-state index in [0.717, 1.165) is 0 Å². The number of cyclic esters (lactones) is 2. The van der Waals surface area contributed by atoms with Crippen molar-refractivity contribution in [1.29, 1.82) is 0 Å². The van der Waals surface area contributed by atoms with E-state index < -0.39 is 0 Å². The van der Waals surface area contributed by atoms with E-state index in [-0.39, 0.29) is 24.0 Å². The molecule has 2 fully saturated rings. The number of ether oxygens (including phenoxy) is 2. The standard InChI is InChI=1S/2C6H10O2.2C2H6/c1-4-3-8-6(7)5(4)2;1-4-3-6(7)8-5(4)2;2*1-2/h2*4-5H,3H2,1-2H3;2*1-2H3. The first kappa shape index (κ1) is 21.2. The minimum Gasteiger partial charge on any atom is -0.465 e. The zero-order valence-corrected chi connectivity index (χ0v) is 14.4. The lowest BCUT2D eigenvalue weighted by atomic mass is 10.0. The minimum atomic E-state index is -0.0509. The first-order valence-electron chi connectivity index (χ1n) is 7.78. The van der Waals surface area contributed by atoms with Crippen molar-refractivity contribution in [1.82, 2.24) is 0 Å². The van der Waals surface area contributed by atoms with Crippen molar-refractivity contribution in [2.24, 2.45) is 17.8 Å². The van der Waals surface area contributed by atoms with Crippen LogP contribution in [0.4, 0.5) is 0 Å². The maximum absolute atomic E-state index is 10.6. The summed E-state index contributed by atoms with van der Waals surface area (Å²) >= 11 is 0. The smallest absolute Gasteiger partial charge is 0.309 e. The lowest BCUT2D eigenvalue weighted by Gasteiger charge is -2.03. The molecule has 4 atom stereocenters. The van der Waals surface area contributed by atoms with Crippen LogP contribution in [0.15, 0.2) is 0 Å². The second-order valence-corrected chi connectivity index (χ2v) is 4.77. The highest BCUT2D eigenvalue weighted by Crippen LogP contribution is 2.20. The quantitative estimate of drug-likeness (QED) is 0.636. The molecule has 0 aromatic heterocycles. The highest BCUT2D eigenvalue weighted by Gasteiger charge is 2.29. The van der Waals surface area contributed by atoms with Crippen LogP contribution in [0.25, 0.3) is 0 Å². The van der Waals surface area contributed by atoms with Crippen LogP contribution in [0.2, 0.25) is 0 Å². The average Bonchev–Trinajstić information content (AvgIpc) is 2.91. The molecule has 2 aliphatic heterocycles. The molecule has 2 heterocycles. The first-order chi connectivity index (χ1) is 9.41. The molecule has 4 heteroatoms. The molecule has 0 spiro atoms. The third-order valence-corrected chi connectivity index (χ3v) is 3.32. The Labute approximate surface area is 124 Å². The number of carbonyl (C=O) groups is 2. The van der Waals surface area contributed by atoms with Crippen molar-refractivity contribution in [3.05, 3.63) is 0 Å². The van der Waals surface area contributed by atoms with E-state index in [2.05, 4.69) is 0 Å². The molecule has 0 saturated carbocycles. The molecule has 20 heavy (non-hydrogen) atoms. The van der Waals surface area contributed by atoms with Crippen LogP contribution in [0.5, 0.6) is 0 Å². The summed E-state index contributed by atoms with van der Waals surface area (Å²) in [4.78, 5) is 21.0. The van der Waals surface area contributed by atoms with E-state index >= 15 is 0 Å². The van der Waals surface area contributed by atoms with Crippen molar-refractivity contribution in [2.75, 3.05) is 6.61 Å². The van der Waals surface area contributed by atoms with Gasteiger partial charge in [-0.2, -0.15) is 0 Å². The second kappa shape index (κ2) is 11.7. The van der Waals surface area contributed by atoms with Crippen molar-refractivity contribution >= 4 is 11.9 Å². The molecular formula is C16H32O4. The summed E-state index contributed by atoms with van der Waals surface area (Å²) in [5, 5.41) is 0. The molecule has 2 rings (SSSR count). The molecule has 2 aliphatic rings. The fraction of sp³-hybridized carbons (Fsp3) is 0.875. The van der Waals surface area contributed by atoms with Gasteiger partial charge in [0.1, 0.15) is 6.10 Å². The number of hydrogen-bond acceptors (Lipinski definition) is 4. The molecule has 0 bridgehead atoms. The van der Waals surface area contributed by atoms with Gasteiger partial charge >= 0.3 is 11.9 Å². The Kier molecular flexibility index (Phi) is 12.5. The molecule has 0 amide bonds. The predicted octanol–water partition coefficient (Wildman–Crippen LogP) is 3.83.